The van der Waals surface area contributed by atoms with Crippen LogP contribution in [0.3, 0.4) is 0 Å². The molecular weight excluding hydrogens is 456 g/mol. The third-order valence-corrected chi connectivity index (χ3v) is 7.44. The molecule has 3 heterocycles. The zero-order valence-corrected chi connectivity index (χ0v) is 19.1. The molecule has 1 spiro atoms. The maximum atomic E-state index is 13.7. The lowest BCUT2D eigenvalue weighted by molar-refractivity contribution is -0.151. The van der Waals surface area contributed by atoms with Gasteiger partial charge < -0.3 is 24.7 Å². The van der Waals surface area contributed by atoms with Gasteiger partial charge >= 0.3 is 5.97 Å². The first kappa shape index (κ1) is 23.2. The van der Waals surface area contributed by atoms with Crippen molar-refractivity contribution >= 4 is 33.7 Å². The molecule has 2 N–H and O–H groups in total. The first-order valence-corrected chi connectivity index (χ1v) is 11.5. The summed E-state index contributed by atoms with van der Waals surface area (Å²) in [5.74, 6) is -3.44. The van der Waals surface area contributed by atoms with Gasteiger partial charge in [-0.1, -0.05) is 22.0 Å². The molecule has 168 valence electrons. The quantitative estimate of drug-likeness (QED) is 0.274. The molecule has 8 nitrogen and oxygen atoms in total. The van der Waals surface area contributed by atoms with Crippen LogP contribution in [-0.2, 0) is 19.1 Å². The van der Waals surface area contributed by atoms with Crippen LogP contribution in [0.15, 0.2) is 12.7 Å². The van der Waals surface area contributed by atoms with Crippen molar-refractivity contribution < 1.29 is 29.3 Å². The van der Waals surface area contributed by atoms with Crippen molar-refractivity contribution in [1.82, 2.24) is 9.80 Å². The molecule has 3 aliphatic heterocycles. The van der Waals surface area contributed by atoms with E-state index in [-0.39, 0.29) is 29.3 Å². The summed E-state index contributed by atoms with van der Waals surface area (Å²) in [6.07, 6.45) is 3.39. The first-order valence-electron chi connectivity index (χ1n) is 10.6. The number of carbonyl (C=O) groups is 3. The Balaban J connectivity index is 2.00. The van der Waals surface area contributed by atoms with E-state index in [4.69, 9.17) is 9.84 Å². The van der Waals surface area contributed by atoms with E-state index in [0.717, 1.165) is 0 Å². The van der Waals surface area contributed by atoms with Crippen LogP contribution in [0.1, 0.15) is 39.5 Å². The third-order valence-electron chi connectivity index (χ3n) is 6.60. The van der Waals surface area contributed by atoms with Gasteiger partial charge in [-0.2, -0.15) is 0 Å². The molecule has 2 bridgehead atoms. The Morgan fingerprint density at radius 2 is 2.10 bits per heavy atom. The number of halogens is 1. The van der Waals surface area contributed by atoms with Gasteiger partial charge in [-0.05, 0) is 39.5 Å². The second-order valence-electron chi connectivity index (χ2n) is 8.69. The number of carboxylic acids is 1. The lowest BCUT2D eigenvalue weighted by atomic mass is 9.70. The highest BCUT2D eigenvalue weighted by atomic mass is 79.9. The summed E-state index contributed by atoms with van der Waals surface area (Å²) in [4.78, 5) is 42.2. The number of likely N-dealkylation sites (tertiary alicyclic amines) is 1. The van der Waals surface area contributed by atoms with E-state index in [0.29, 0.717) is 38.8 Å². The number of alkyl halides is 1. The molecule has 3 fully saturated rings. The molecule has 0 aromatic carbocycles. The highest BCUT2D eigenvalue weighted by molar-refractivity contribution is 9.09. The van der Waals surface area contributed by atoms with Crippen molar-refractivity contribution in [3.63, 3.8) is 0 Å². The number of hydrogen-bond acceptors (Lipinski definition) is 5. The van der Waals surface area contributed by atoms with Crippen LogP contribution < -0.4 is 0 Å². The highest BCUT2D eigenvalue weighted by Crippen LogP contribution is 2.60. The standard InChI is InChI=1S/C21H31BrN2O6/c1-4-8-23(12(2)3)19(27)17-21-11-13(22)16(30-21)14(20(28)29)15(21)18(26)24(17)9-6-5-7-10-25/h4,12-17,25H,1,5-11H2,2-3H3,(H,28,29)/t13?,14-,15+,16-,17?,21?/m1/s1. The van der Waals surface area contributed by atoms with Crippen molar-refractivity contribution in [1.29, 1.82) is 0 Å². The fourth-order valence-electron chi connectivity index (χ4n) is 5.35. The number of unbranched alkanes of at least 4 members (excludes halogenated alkanes) is 2. The minimum atomic E-state index is -1.14. The fraction of sp³-hybridized carbons (Fsp3) is 0.762. The summed E-state index contributed by atoms with van der Waals surface area (Å²) < 4.78 is 6.24. The Morgan fingerprint density at radius 1 is 1.40 bits per heavy atom. The number of nitrogens with zero attached hydrogens (tertiary/aromatic N) is 2. The average Bonchev–Trinajstić information content (AvgIpc) is 3.26. The number of aliphatic hydroxyl groups excluding tert-OH is 1. The van der Waals surface area contributed by atoms with E-state index >= 15 is 0 Å². The van der Waals surface area contributed by atoms with Crippen LogP contribution in [0, 0.1) is 11.8 Å². The predicted molar refractivity (Wildman–Crippen MR) is 113 cm³/mol. The van der Waals surface area contributed by atoms with Gasteiger partial charge in [0.15, 0.2) is 0 Å². The largest absolute Gasteiger partial charge is 0.481 e. The van der Waals surface area contributed by atoms with Crippen LogP contribution in [-0.4, -0.2) is 86.1 Å². The van der Waals surface area contributed by atoms with E-state index in [9.17, 15) is 19.5 Å². The zero-order chi connectivity index (χ0) is 22.2. The van der Waals surface area contributed by atoms with Gasteiger partial charge in [-0.15, -0.1) is 6.58 Å². The van der Waals surface area contributed by atoms with Crippen molar-refractivity contribution in [2.45, 2.75) is 68.1 Å². The molecular formula is C21H31BrN2O6. The van der Waals surface area contributed by atoms with Gasteiger partial charge in [-0.3, -0.25) is 14.4 Å². The van der Waals surface area contributed by atoms with Crippen LogP contribution in [0.4, 0.5) is 0 Å². The number of ether oxygens (including phenoxy) is 1. The fourth-order valence-corrected chi connectivity index (χ4v) is 6.30. The van der Waals surface area contributed by atoms with Gasteiger partial charge in [0.25, 0.3) is 0 Å². The molecule has 6 atom stereocenters. The van der Waals surface area contributed by atoms with E-state index in [2.05, 4.69) is 22.5 Å². The van der Waals surface area contributed by atoms with Crippen molar-refractivity contribution in [2.75, 3.05) is 19.7 Å². The van der Waals surface area contributed by atoms with Crippen LogP contribution >= 0.6 is 15.9 Å². The van der Waals surface area contributed by atoms with Gasteiger partial charge in [0.2, 0.25) is 11.8 Å². The number of rotatable bonds is 10. The van der Waals surface area contributed by atoms with Gasteiger partial charge in [-0.25, -0.2) is 0 Å². The number of amides is 2. The van der Waals surface area contributed by atoms with E-state index < -0.39 is 35.6 Å². The summed E-state index contributed by atoms with van der Waals surface area (Å²) in [7, 11) is 0. The molecule has 0 aromatic heterocycles. The van der Waals surface area contributed by atoms with E-state index in [1.165, 1.54) is 0 Å². The molecule has 30 heavy (non-hydrogen) atoms. The van der Waals surface area contributed by atoms with Crippen LogP contribution in [0.2, 0.25) is 0 Å². The average molecular weight is 487 g/mol. The molecule has 0 saturated carbocycles. The van der Waals surface area contributed by atoms with E-state index in [1.54, 1.807) is 15.9 Å². The molecule has 0 aliphatic carbocycles. The molecule has 9 heteroatoms. The Hall–Kier alpha value is -1.45. The Bertz CT molecular complexity index is 716. The number of carbonyl (C=O) groups excluding carboxylic acids is 2. The number of fused-ring (bicyclic) bond motifs is 1. The molecule has 2 amide bonds. The van der Waals surface area contributed by atoms with Gasteiger partial charge in [0, 0.05) is 30.6 Å². The molecule has 3 unspecified atom stereocenters. The van der Waals surface area contributed by atoms with Gasteiger partial charge in [0.1, 0.15) is 11.6 Å². The number of hydrogen-bond donors (Lipinski definition) is 2. The normalized spacial score (nSPS) is 34.5. The Morgan fingerprint density at radius 3 is 2.67 bits per heavy atom. The maximum Gasteiger partial charge on any atom is 0.310 e. The van der Waals surface area contributed by atoms with Crippen molar-refractivity contribution in [3.05, 3.63) is 12.7 Å². The van der Waals surface area contributed by atoms with Crippen LogP contribution in [0.5, 0.6) is 0 Å². The van der Waals surface area contributed by atoms with E-state index in [1.807, 2.05) is 13.8 Å². The maximum absolute atomic E-state index is 13.7. The lowest BCUT2D eigenvalue weighted by Crippen LogP contribution is -2.58. The first-order chi connectivity index (χ1) is 14.2. The highest BCUT2D eigenvalue weighted by Gasteiger charge is 2.76. The molecule has 3 rings (SSSR count). The summed E-state index contributed by atoms with van der Waals surface area (Å²) in [5, 5.41) is 18.9. The van der Waals surface area contributed by atoms with Crippen molar-refractivity contribution in [2.24, 2.45) is 11.8 Å². The predicted octanol–water partition coefficient (Wildman–Crippen LogP) is 1.40. The monoisotopic (exact) mass is 486 g/mol. The number of aliphatic hydroxyl groups is 1. The minimum absolute atomic E-state index is 0.0699. The smallest absolute Gasteiger partial charge is 0.310 e. The molecule has 3 saturated heterocycles. The molecule has 3 aliphatic rings. The lowest BCUT2D eigenvalue weighted by Gasteiger charge is -2.38. The zero-order valence-electron chi connectivity index (χ0n) is 17.5. The Labute approximate surface area is 185 Å². The van der Waals surface area contributed by atoms with Crippen LogP contribution in [0.25, 0.3) is 0 Å². The molecule has 0 radical (unpaired) electrons. The topological polar surface area (TPSA) is 107 Å². The van der Waals surface area contributed by atoms with Crippen molar-refractivity contribution in [3.8, 4) is 0 Å². The summed E-state index contributed by atoms with van der Waals surface area (Å²) in [6, 6.07) is -0.966. The third kappa shape index (κ3) is 3.58. The number of carboxylic acid groups (broad SMARTS) is 1. The van der Waals surface area contributed by atoms with Gasteiger partial charge in [0.05, 0.1) is 17.9 Å². The minimum Gasteiger partial charge on any atom is -0.481 e. The SMILES string of the molecule is C=CCN(C(=O)C1N(CCCCCO)C(=O)[C@@H]2[C@@H](C(=O)O)[C@@H]3OC12CC3Br)C(C)C. The number of aliphatic carboxylic acids is 1. The summed E-state index contributed by atoms with van der Waals surface area (Å²) in [6.45, 7) is 8.29. The molecule has 0 aromatic rings. The second-order valence-corrected chi connectivity index (χ2v) is 9.87. The summed E-state index contributed by atoms with van der Waals surface area (Å²) in [5.41, 5.74) is -1.14. The second kappa shape index (κ2) is 8.96. The Kier molecular flexibility index (Phi) is 6.94. The summed E-state index contributed by atoms with van der Waals surface area (Å²) >= 11 is 3.53.